The third-order valence-electron chi connectivity index (χ3n) is 3.57. The van der Waals surface area contributed by atoms with Crippen molar-refractivity contribution in [3.05, 3.63) is 63.5 Å². The fraction of sp³-hybridized carbons (Fsp3) is 0.133. The van der Waals surface area contributed by atoms with Gasteiger partial charge in [-0.1, -0.05) is 30.3 Å². The van der Waals surface area contributed by atoms with Gasteiger partial charge in [0.2, 0.25) is 12.4 Å². The van der Waals surface area contributed by atoms with Gasteiger partial charge in [0.1, 0.15) is 17.4 Å². The van der Waals surface area contributed by atoms with Gasteiger partial charge in [-0.15, -0.1) is 0 Å². The molecule has 6 nitrogen and oxygen atoms in total. The van der Waals surface area contributed by atoms with E-state index in [1.54, 1.807) is 6.07 Å². The van der Waals surface area contributed by atoms with E-state index in [0.717, 1.165) is 10.8 Å². The Morgan fingerprint density at radius 3 is 2.81 bits per heavy atom. The molecule has 3 rings (SSSR count). The van der Waals surface area contributed by atoms with Crippen LogP contribution in [0.4, 0.5) is 0 Å². The maximum absolute atomic E-state index is 11.0. The number of nitrogens with zero attached hydrogens (tertiary/aromatic N) is 2. The number of nitrogens with two attached hydrogens (primary N) is 1. The monoisotopic (exact) mass is 281 g/mol. The first-order valence-electron chi connectivity index (χ1n) is 6.33. The molecule has 104 valence electrons. The van der Waals surface area contributed by atoms with Crippen molar-refractivity contribution in [2.24, 2.45) is 5.73 Å². The van der Waals surface area contributed by atoms with Gasteiger partial charge in [0.25, 0.3) is 0 Å². The van der Waals surface area contributed by atoms with Crippen LogP contribution in [0.15, 0.2) is 47.9 Å². The summed E-state index contributed by atoms with van der Waals surface area (Å²) in [6.45, 7) is -0.395. The van der Waals surface area contributed by atoms with Gasteiger partial charge in [-0.2, -0.15) is 5.26 Å². The number of hydrogen-bond acceptors (Lipinski definition) is 5. The first-order valence-corrected chi connectivity index (χ1v) is 6.33. The lowest BCUT2D eigenvalue weighted by Gasteiger charge is -2.25. The van der Waals surface area contributed by atoms with Crippen LogP contribution in [0.5, 0.6) is 5.75 Å². The molecule has 2 N–H and O–H groups in total. The molecule has 1 unspecified atom stereocenters. The highest BCUT2D eigenvalue weighted by Gasteiger charge is 2.34. The highest BCUT2D eigenvalue weighted by atomic mass is 16.6. The molecule has 0 saturated carbocycles. The lowest BCUT2D eigenvalue weighted by Crippen LogP contribution is -2.25. The van der Waals surface area contributed by atoms with E-state index in [-0.39, 0.29) is 11.5 Å². The summed E-state index contributed by atoms with van der Waals surface area (Å²) < 4.78 is 5.47. The Bertz CT molecular complexity index is 821. The van der Waals surface area contributed by atoms with Crippen molar-refractivity contribution in [3.8, 4) is 11.8 Å². The minimum atomic E-state index is -0.695. The minimum absolute atomic E-state index is 0.0628. The van der Waals surface area contributed by atoms with Crippen molar-refractivity contribution in [2.75, 3.05) is 6.54 Å². The molecule has 0 spiro atoms. The number of benzene rings is 2. The maximum atomic E-state index is 11.0. The van der Waals surface area contributed by atoms with Gasteiger partial charge in [-0.3, -0.25) is 10.1 Å². The number of ether oxygens (including phenoxy) is 1. The Morgan fingerprint density at radius 1 is 1.33 bits per heavy atom. The molecular formula is C15H11N3O3. The standard InChI is InChI=1S/C15H11N3O3/c16-7-11-12(8-18(19)20)14-10-4-2-1-3-9(10)5-6-13(14)21-15(11)17/h1-6,12H,8,17H2. The average molecular weight is 281 g/mol. The summed E-state index contributed by atoms with van der Waals surface area (Å²) in [5.41, 5.74) is 6.48. The summed E-state index contributed by atoms with van der Waals surface area (Å²) in [4.78, 5) is 10.5. The quantitative estimate of drug-likeness (QED) is 0.672. The van der Waals surface area contributed by atoms with E-state index in [1.807, 2.05) is 36.4 Å². The third kappa shape index (κ3) is 2.05. The molecule has 0 aromatic heterocycles. The Kier molecular flexibility index (Phi) is 2.95. The van der Waals surface area contributed by atoms with Crippen LogP contribution >= 0.6 is 0 Å². The Labute approximate surface area is 120 Å². The number of hydrogen-bond donors (Lipinski definition) is 1. The third-order valence-corrected chi connectivity index (χ3v) is 3.57. The first-order chi connectivity index (χ1) is 10.1. The molecule has 1 atom stereocenters. The van der Waals surface area contributed by atoms with Crippen LogP contribution in [0.1, 0.15) is 11.5 Å². The van der Waals surface area contributed by atoms with E-state index >= 15 is 0 Å². The number of nitriles is 1. The Morgan fingerprint density at radius 2 is 2.10 bits per heavy atom. The van der Waals surface area contributed by atoms with Crippen LogP contribution < -0.4 is 10.5 Å². The van der Waals surface area contributed by atoms with Gasteiger partial charge in [0.15, 0.2) is 0 Å². The molecule has 0 amide bonds. The smallest absolute Gasteiger partial charge is 0.215 e. The van der Waals surface area contributed by atoms with E-state index in [4.69, 9.17) is 10.5 Å². The molecule has 0 bridgehead atoms. The first kappa shape index (κ1) is 12.9. The van der Waals surface area contributed by atoms with E-state index in [2.05, 4.69) is 0 Å². The Hall–Kier alpha value is -3.07. The van der Waals surface area contributed by atoms with Gasteiger partial charge in [-0.05, 0) is 16.8 Å². The van der Waals surface area contributed by atoms with Crippen molar-refractivity contribution in [2.45, 2.75) is 5.92 Å². The predicted molar refractivity (Wildman–Crippen MR) is 76.0 cm³/mol. The largest absolute Gasteiger partial charge is 0.440 e. The summed E-state index contributed by atoms with van der Waals surface area (Å²) in [7, 11) is 0. The Balaban J connectivity index is 2.29. The second-order valence-corrected chi connectivity index (χ2v) is 4.76. The molecule has 1 heterocycles. The normalized spacial score (nSPS) is 17.0. The lowest BCUT2D eigenvalue weighted by atomic mass is 9.86. The topological polar surface area (TPSA) is 102 Å². The highest BCUT2D eigenvalue weighted by Crippen LogP contribution is 2.42. The molecule has 0 fully saturated rings. The summed E-state index contributed by atoms with van der Waals surface area (Å²) in [5.74, 6) is -0.288. The molecule has 0 saturated heterocycles. The van der Waals surface area contributed by atoms with Crippen molar-refractivity contribution in [3.63, 3.8) is 0 Å². The van der Waals surface area contributed by atoms with Crippen LogP contribution in [0.2, 0.25) is 0 Å². The summed E-state index contributed by atoms with van der Waals surface area (Å²) in [5, 5.41) is 22.0. The van der Waals surface area contributed by atoms with E-state index < -0.39 is 17.4 Å². The molecule has 2 aromatic carbocycles. The van der Waals surface area contributed by atoms with Gasteiger partial charge in [0, 0.05) is 10.5 Å². The molecule has 1 aliphatic heterocycles. The zero-order valence-electron chi connectivity index (χ0n) is 10.9. The van der Waals surface area contributed by atoms with Crippen molar-refractivity contribution >= 4 is 10.8 Å². The van der Waals surface area contributed by atoms with Gasteiger partial charge in [0.05, 0.1) is 5.92 Å². The number of nitro groups is 1. The number of fused-ring (bicyclic) bond motifs is 3. The maximum Gasteiger partial charge on any atom is 0.215 e. The second-order valence-electron chi connectivity index (χ2n) is 4.76. The van der Waals surface area contributed by atoms with Crippen molar-refractivity contribution in [1.82, 2.24) is 0 Å². The number of rotatable bonds is 2. The van der Waals surface area contributed by atoms with E-state index in [9.17, 15) is 15.4 Å². The van der Waals surface area contributed by atoms with Gasteiger partial charge < -0.3 is 10.5 Å². The summed E-state index contributed by atoms with van der Waals surface area (Å²) >= 11 is 0. The fourth-order valence-corrected chi connectivity index (χ4v) is 2.68. The van der Waals surface area contributed by atoms with E-state index in [0.29, 0.717) is 11.3 Å². The lowest BCUT2D eigenvalue weighted by molar-refractivity contribution is -0.482. The second kappa shape index (κ2) is 4.80. The summed E-state index contributed by atoms with van der Waals surface area (Å²) in [6, 6.07) is 13.0. The van der Waals surface area contributed by atoms with Gasteiger partial charge in [-0.25, -0.2) is 0 Å². The molecule has 0 radical (unpaired) electrons. The van der Waals surface area contributed by atoms with Crippen molar-refractivity contribution in [1.29, 1.82) is 5.26 Å². The molecular weight excluding hydrogens is 270 g/mol. The van der Waals surface area contributed by atoms with Crippen LogP contribution in [0.25, 0.3) is 10.8 Å². The average Bonchev–Trinajstić information content (AvgIpc) is 2.46. The highest BCUT2D eigenvalue weighted by molar-refractivity contribution is 5.89. The minimum Gasteiger partial charge on any atom is -0.440 e. The fourth-order valence-electron chi connectivity index (χ4n) is 2.68. The van der Waals surface area contributed by atoms with Crippen LogP contribution in [-0.4, -0.2) is 11.5 Å². The zero-order chi connectivity index (χ0) is 15.0. The molecule has 1 aliphatic rings. The van der Waals surface area contributed by atoms with Gasteiger partial charge >= 0.3 is 0 Å². The van der Waals surface area contributed by atoms with E-state index in [1.165, 1.54) is 0 Å². The van der Waals surface area contributed by atoms with Crippen LogP contribution in [0, 0.1) is 21.4 Å². The molecule has 21 heavy (non-hydrogen) atoms. The van der Waals surface area contributed by atoms with Crippen molar-refractivity contribution < 1.29 is 9.66 Å². The SMILES string of the molecule is N#CC1=C(N)Oc2ccc3ccccc3c2C1C[N+](=O)[O-]. The molecule has 0 aliphatic carbocycles. The molecule has 2 aromatic rings. The van der Waals surface area contributed by atoms with Crippen LogP contribution in [0.3, 0.4) is 0 Å². The predicted octanol–water partition coefficient (Wildman–Crippen LogP) is 2.29. The summed E-state index contributed by atoms with van der Waals surface area (Å²) in [6.07, 6.45) is 0. The zero-order valence-corrected chi connectivity index (χ0v) is 10.9. The molecule has 6 heteroatoms. The van der Waals surface area contributed by atoms with Crippen LogP contribution in [-0.2, 0) is 0 Å².